The molecule has 0 aliphatic carbocycles. The van der Waals surface area contributed by atoms with Crippen LogP contribution in [0.3, 0.4) is 0 Å². The lowest BCUT2D eigenvalue weighted by atomic mass is 10.1. The summed E-state index contributed by atoms with van der Waals surface area (Å²) in [7, 11) is 1.79. The van der Waals surface area contributed by atoms with Crippen LogP contribution < -0.4 is 0 Å². The van der Waals surface area contributed by atoms with Gasteiger partial charge in [-0.05, 0) is 23.8 Å². The predicted molar refractivity (Wildman–Crippen MR) is 68.8 cm³/mol. The lowest BCUT2D eigenvalue weighted by molar-refractivity contribution is 0.174. The number of aryl methyl sites for hydroxylation is 1. The molecule has 1 aromatic carbocycles. The molecule has 0 saturated carbocycles. The first kappa shape index (κ1) is 12.5. The summed E-state index contributed by atoms with van der Waals surface area (Å²) in [6.07, 6.45) is 1.23. The van der Waals surface area contributed by atoms with Crippen LogP contribution in [0.4, 0.5) is 0 Å². The zero-order valence-electron chi connectivity index (χ0n) is 9.14. The molecule has 1 heterocycles. The number of nitrogens with zero attached hydrogens (tertiary/aromatic N) is 3. The van der Waals surface area contributed by atoms with E-state index in [0.717, 1.165) is 15.9 Å². The zero-order valence-corrected chi connectivity index (χ0v) is 11.5. The molecule has 90 valence electrons. The summed E-state index contributed by atoms with van der Waals surface area (Å²) in [5.41, 5.74) is 0.757. The van der Waals surface area contributed by atoms with Crippen molar-refractivity contribution in [1.82, 2.24) is 14.8 Å². The fourth-order valence-electron chi connectivity index (χ4n) is 1.56. The maximum absolute atomic E-state index is 10.1. The Morgan fingerprint density at radius 2 is 2.24 bits per heavy atom. The Morgan fingerprint density at radius 3 is 2.82 bits per heavy atom. The molecule has 0 aliphatic rings. The molecule has 0 saturated heterocycles. The molecular weight excluding hydrogens is 305 g/mol. The van der Waals surface area contributed by atoms with Gasteiger partial charge in [0.05, 0.1) is 6.10 Å². The van der Waals surface area contributed by atoms with Crippen molar-refractivity contribution in [2.75, 3.05) is 0 Å². The van der Waals surface area contributed by atoms with Gasteiger partial charge in [-0.25, -0.2) is 4.98 Å². The van der Waals surface area contributed by atoms with Crippen molar-refractivity contribution in [3.8, 4) is 0 Å². The van der Waals surface area contributed by atoms with Crippen LogP contribution in [0.1, 0.15) is 17.5 Å². The normalized spacial score (nSPS) is 12.7. The van der Waals surface area contributed by atoms with E-state index in [-0.39, 0.29) is 0 Å². The molecule has 17 heavy (non-hydrogen) atoms. The monoisotopic (exact) mass is 315 g/mol. The number of hydrogen-bond donors (Lipinski definition) is 1. The molecule has 0 bridgehead atoms. The molecule has 2 aromatic rings. The van der Waals surface area contributed by atoms with Gasteiger partial charge in [0.15, 0.2) is 0 Å². The third kappa shape index (κ3) is 3.06. The minimum absolute atomic E-state index is 0.406. The zero-order chi connectivity index (χ0) is 12.4. The van der Waals surface area contributed by atoms with Crippen molar-refractivity contribution in [3.05, 3.63) is 45.4 Å². The highest BCUT2D eigenvalue weighted by Gasteiger charge is 2.13. The maximum Gasteiger partial charge on any atom is 0.138 e. The van der Waals surface area contributed by atoms with Crippen LogP contribution in [-0.4, -0.2) is 19.9 Å². The van der Waals surface area contributed by atoms with Crippen molar-refractivity contribution >= 4 is 27.5 Å². The van der Waals surface area contributed by atoms with Gasteiger partial charge in [-0.15, -0.1) is 0 Å². The van der Waals surface area contributed by atoms with Gasteiger partial charge in [-0.1, -0.05) is 27.5 Å². The van der Waals surface area contributed by atoms with Crippen molar-refractivity contribution in [1.29, 1.82) is 0 Å². The molecular formula is C11H11BrClN3O. The van der Waals surface area contributed by atoms with Crippen molar-refractivity contribution in [2.24, 2.45) is 7.05 Å². The summed E-state index contributed by atoms with van der Waals surface area (Å²) in [5, 5.41) is 14.7. The summed E-state index contributed by atoms with van der Waals surface area (Å²) in [6.45, 7) is 0. The molecule has 0 fully saturated rings. The Labute approximate surface area is 112 Å². The van der Waals surface area contributed by atoms with Crippen LogP contribution in [0.25, 0.3) is 0 Å². The largest absolute Gasteiger partial charge is 0.388 e. The number of hydrogen-bond acceptors (Lipinski definition) is 3. The quantitative estimate of drug-likeness (QED) is 0.946. The molecule has 0 amide bonds. The summed E-state index contributed by atoms with van der Waals surface area (Å²) in [4.78, 5) is 4.07. The molecule has 1 aromatic heterocycles. The Kier molecular flexibility index (Phi) is 3.81. The Balaban J connectivity index is 2.20. The Hall–Kier alpha value is -0.910. The SMILES string of the molecule is Cn1ncnc1CC(O)c1cc(Cl)cc(Br)c1. The van der Waals surface area contributed by atoms with Gasteiger partial charge in [0, 0.05) is 23.0 Å². The first-order valence-corrected chi connectivity index (χ1v) is 6.20. The number of aliphatic hydroxyl groups is 1. The molecule has 2 rings (SSSR count). The highest BCUT2D eigenvalue weighted by Crippen LogP contribution is 2.25. The van der Waals surface area contributed by atoms with Gasteiger partial charge in [-0.2, -0.15) is 5.10 Å². The highest BCUT2D eigenvalue weighted by atomic mass is 79.9. The number of rotatable bonds is 3. The molecule has 1 atom stereocenters. The first-order valence-electron chi connectivity index (χ1n) is 5.03. The van der Waals surface area contributed by atoms with E-state index in [1.165, 1.54) is 6.33 Å². The fourth-order valence-corrected chi connectivity index (χ4v) is 2.45. The van der Waals surface area contributed by atoms with E-state index in [2.05, 4.69) is 26.0 Å². The number of aliphatic hydroxyl groups excluding tert-OH is 1. The molecule has 0 spiro atoms. The second kappa shape index (κ2) is 5.16. The van der Waals surface area contributed by atoms with Crippen LogP contribution in [0.15, 0.2) is 29.0 Å². The van der Waals surface area contributed by atoms with Crippen LogP contribution in [0.5, 0.6) is 0 Å². The summed E-state index contributed by atoms with van der Waals surface area (Å²) in [5.74, 6) is 0.730. The summed E-state index contributed by atoms with van der Waals surface area (Å²) >= 11 is 9.28. The minimum Gasteiger partial charge on any atom is -0.388 e. The van der Waals surface area contributed by atoms with E-state index in [4.69, 9.17) is 11.6 Å². The molecule has 6 heteroatoms. The van der Waals surface area contributed by atoms with E-state index in [0.29, 0.717) is 11.4 Å². The van der Waals surface area contributed by atoms with E-state index in [1.54, 1.807) is 23.9 Å². The second-order valence-electron chi connectivity index (χ2n) is 3.72. The standard InChI is InChI=1S/C11H11BrClN3O/c1-16-11(14-6-15-16)5-10(17)7-2-8(12)4-9(13)3-7/h2-4,6,10,17H,5H2,1H3. The molecule has 4 nitrogen and oxygen atoms in total. The lowest BCUT2D eigenvalue weighted by Gasteiger charge is -2.11. The van der Waals surface area contributed by atoms with Gasteiger partial charge in [0.25, 0.3) is 0 Å². The van der Waals surface area contributed by atoms with Crippen LogP contribution in [-0.2, 0) is 13.5 Å². The van der Waals surface area contributed by atoms with Gasteiger partial charge in [0.2, 0.25) is 0 Å². The topological polar surface area (TPSA) is 50.9 Å². The first-order chi connectivity index (χ1) is 8.06. The Morgan fingerprint density at radius 1 is 1.47 bits per heavy atom. The number of benzene rings is 1. The van der Waals surface area contributed by atoms with Gasteiger partial charge in [-0.3, -0.25) is 4.68 Å². The van der Waals surface area contributed by atoms with E-state index < -0.39 is 6.10 Å². The van der Waals surface area contributed by atoms with Gasteiger partial charge < -0.3 is 5.11 Å². The van der Waals surface area contributed by atoms with Gasteiger partial charge in [0.1, 0.15) is 12.2 Å². The maximum atomic E-state index is 10.1. The van der Waals surface area contributed by atoms with Crippen LogP contribution in [0.2, 0.25) is 5.02 Å². The Bertz CT molecular complexity index is 509. The highest BCUT2D eigenvalue weighted by molar-refractivity contribution is 9.10. The summed E-state index contributed by atoms with van der Waals surface area (Å²) < 4.78 is 2.49. The fraction of sp³-hybridized carbons (Fsp3) is 0.273. The van der Waals surface area contributed by atoms with Crippen molar-refractivity contribution in [3.63, 3.8) is 0 Å². The molecule has 0 radical (unpaired) electrons. The minimum atomic E-state index is -0.645. The van der Waals surface area contributed by atoms with Crippen molar-refractivity contribution in [2.45, 2.75) is 12.5 Å². The smallest absolute Gasteiger partial charge is 0.138 e. The summed E-state index contributed by atoms with van der Waals surface area (Å²) in [6, 6.07) is 5.36. The number of aromatic nitrogens is 3. The molecule has 1 unspecified atom stereocenters. The second-order valence-corrected chi connectivity index (χ2v) is 5.07. The average Bonchev–Trinajstić information content (AvgIpc) is 2.63. The number of halogens is 2. The van der Waals surface area contributed by atoms with E-state index in [9.17, 15) is 5.11 Å². The third-order valence-corrected chi connectivity index (χ3v) is 3.13. The van der Waals surface area contributed by atoms with Gasteiger partial charge >= 0.3 is 0 Å². The average molecular weight is 317 g/mol. The lowest BCUT2D eigenvalue weighted by Crippen LogP contribution is -2.07. The van der Waals surface area contributed by atoms with E-state index >= 15 is 0 Å². The van der Waals surface area contributed by atoms with Crippen LogP contribution in [0, 0.1) is 0 Å². The predicted octanol–water partition coefficient (Wildman–Crippen LogP) is 2.51. The van der Waals surface area contributed by atoms with Crippen molar-refractivity contribution < 1.29 is 5.11 Å². The molecule has 1 N–H and O–H groups in total. The molecule has 0 aliphatic heterocycles. The third-order valence-electron chi connectivity index (χ3n) is 2.45. The van der Waals surface area contributed by atoms with E-state index in [1.807, 2.05) is 6.07 Å². The van der Waals surface area contributed by atoms with Crippen LogP contribution >= 0.6 is 27.5 Å².